The number of fused-ring (bicyclic) bond motifs is 1. The molecule has 0 fully saturated rings. The third-order valence-corrected chi connectivity index (χ3v) is 4.98. The molecule has 0 saturated heterocycles. The van der Waals surface area contributed by atoms with Crippen LogP contribution in [0.1, 0.15) is 55.2 Å². The zero-order valence-corrected chi connectivity index (χ0v) is 17.9. The summed E-state index contributed by atoms with van der Waals surface area (Å²) in [6, 6.07) is 11.4. The molecule has 152 valence electrons. The molecule has 0 bridgehead atoms. The van der Waals surface area contributed by atoms with Crippen LogP contribution in [0.2, 0.25) is 5.02 Å². The van der Waals surface area contributed by atoms with Crippen molar-refractivity contribution in [2.75, 3.05) is 0 Å². The number of carbonyl (C=O) groups excluding carboxylic acids is 2. The van der Waals surface area contributed by atoms with Crippen molar-refractivity contribution in [1.29, 1.82) is 0 Å². The van der Waals surface area contributed by atoms with Crippen LogP contribution in [0.4, 0.5) is 0 Å². The molecule has 0 unspecified atom stereocenters. The first kappa shape index (κ1) is 20.9. The Morgan fingerprint density at radius 1 is 1.10 bits per heavy atom. The van der Waals surface area contributed by atoms with Crippen LogP contribution >= 0.6 is 11.6 Å². The Morgan fingerprint density at radius 2 is 1.72 bits per heavy atom. The number of halogens is 1. The molecule has 6 heteroatoms. The van der Waals surface area contributed by atoms with E-state index in [1.54, 1.807) is 54.8 Å². The van der Waals surface area contributed by atoms with Crippen LogP contribution in [-0.4, -0.2) is 27.2 Å². The Kier molecular flexibility index (Phi) is 5.46. The summed E-state index contributed by atoms with van der Waals surface area (Å²) in [6.07, 6.45) is 0. The number of hydrogen-bond acceptors (Lipinski definition) is 4. The number of nitrogens with zero attached hydrogens (tertiary/aromatic N) is 1. The maximum Gasteiger partial charge on any atom is 0.313 e. The van der Waals surface area contributed by atoms with Gasteiger partial charge in [-0.15, -0.1) is 0 Å². The van der Waals surface area contributed by atoms with Gasteiger partial charge in [0, 0.05) is 21.7 Å². The summed E-state index contributed by atoms with van der Waals surface area (Å²) in [4.78, 5) is 26.0. The summed E-state index contributed by atoms with van der Waals surface area (Å²) >= 11 is 5.94. The van der Waals surface area contributed by atoms with Crippen LogP contribution < -0.4 is 0 Å². The lowest BCUT2D eigenvalue weighted by atomic mass is 9.97. The number of benzene rings is 2. The largest absolute Gasteiger partial charge is 0.508 e. The van der Waals surface area contributed by atoms with E-state index < -0.39 is 11.5 Å². The van der Waals surface area contributed by atoms with Crippen LogP contribution in [0.25, 0.3) is 10.9 Å². The normalized spacial score (nSPS) is 12.8. The van der Waals surface area contributed by atoms with Crippen molar-refractivity contribution in [3.8, 4) is 5.75 Å². The predicted molar refractivity (Wildman–Crippen MR) is 114 cm³/mol. The average molecular weight is 414 g/mol. The fourth-order valence-corrected chi connectivity index (χ4v) is 3.59. The van der Waals surface area contributed by atoms with Crippen molar-refractivity contribution >= 4 is 34.4 Å². The van der Waals surface area contributed by atoms with E-state index in [0.29, 0.717) is 32.7 Å². The minimum atomic E-state index is -0.626. The summed E-state index contributed by atoms with van der Waals surface area (Å²) in [5.41, 5.74) is 1.75. The second-order valence-electron chi connectivity index (χ2n) is 8.10. The molecule has 0 aliphatic heterocycles. The number of esters is 1. The summed E-state index contributed by atoms with van der Waals surface area (Å²) in [5.74, 6) is -1.18. The van der Waals surface area contributed by atoms with Gasteiger partial charge in [0.25, 0.3) is 5.91 Å². The molecule has 0 aliphatic rings. The highest BCUT2D eigenvalue weighted by molar-refractivity contribution is 6.30. The summed E-state index contributed by atoms with van der Waals surface area (Å²) in [5, 5.41) is 11.2. The fourth-order valence-electron chi connectivity index (χ4n) is 3.47. The van der Waals surface area contributed by atoms with E-state index in [1.807, 2.05) is 20.8 Å². The van der Waals surface area contributed by atoms with Crippen molar-refractivity contribution < 1.29 is 19.4 Å². The van der Waals surface area contributed by atoms with Crippen LogP contribution in [0.3, 0.4) is 0 Å². The average Bonchev–Trinajstić information content (AvgIpc) is 2.90. The topological polar surface area (TPSA) is 68.5 Å². The highest BCUT2D eigenvalue weighted by Gasteiger charge is 2.29. The van der Waals surface area contributed by atoms with Crippen molar-refractivity contribution in [2.45, 2.75) is 46.1 Å². The molecule has 3 rings (SSSR count). The monoisotopic (exact) mass is 413 g/mol. The summed E-state index contributed by atoms with van der Waals surface area (Å²) in [7, 11) is 0. The number of ether oxygens (including phenoxy) is 1. The number of phenols is 1. The quantitative estimate of drug-likeness (QED) is 0.580. The van der Waals surface area contributed by atoms with Crippen molar-refractivity contribution in [1.82, 2.24) is 4.57 Å². The maximum absolute atomic E-state index is 13.3. The van der Waals surface area contributed by atoms with Crippen LogP contribution in [0.5, 0.6) is 5.75 Å². The summed E-state index contributed by atoms with van der Waals surface area (Å²) in [6.45, 7) is 8.97. The number of rotatable bonds is 3. The van der Waals surface area contributed by atoms with Gasteiger partial charge in [0.05, 0.1) is 11.4 Å². The molecule has 0 radical (unpaired) electrons. The van der Waals surface area contributed by atoms with Crippen molar-refractivity contribution in [2.24, 2.45) is 0 Å². The lowest BCUT2D eigenvalue weighted by molar-refractivity contribution is -0.156. The number of phenolic OH excluding ortho intramolecular Hbond substituents is 1. The molecule has 1 heterocycles. The van der Waals surface area contributed by atoms with Gasteiger partial charge < -0.3 is 9.84 Å². The third-order valence-electron chi connectivity index (χ3n) is 4.72. The first-order valence-electron chi connectivity index (χ1n) is 9.36. The molecule has 1 atom stereocenters. The Hall–Kier alpha value is -2.79. The van der Waals surface area contributed by atoms with Crippen molar-refractivity contribution in [3.05, 3.63) is 64.3 Å². The fraction of sp³-hybridized carbons (Fsp3) is 0.304. The highest BCUT2D eigenvalue weighted by atomic mass is 35.5. The van der Waals surface area contributed by atoms with Crippen LogP contribution in [0, 0.1) is 6.92 Å². The third kappa shape index (κ3) is 4.15. The predicted octanol–water partition coefficient (Wildman–Crippen LogP) is 5.44. The van der Waals surface area contributed by atoms with E-state index >= 15 is 0 Å². The van der Waals surface area contributed by atoms with E-state index in [4.69, 9.17) is 16.3 Å². The second-order valence-corrected chi connectivity index (χ2v) is 8.54. The van der Waals surface area contributed by atoms with Gasteiger partial charge in [0.15, 0.2) is 0 Å². The lowest BCUT2D eigenvalue weighted by Crippen LogP contribution is -2.27. The number of aromatic nitrogens is 1. The standard InChI is InChI=1S/C23H24ClNO4/c1-13(22(28)29-23(3,4)5)20-14(2)25(19-11-10-17(26)12-18(19)20)21(27)15-6-8-16(24)9-7-15/h6-13,26H,1-5H3/t13-/m0/s1. The first-order valence-corrected chi connectivity index (χ1v) is 9.74. The van der Waals surface area contributed by atoms with E-state index in [1.165, 1.54) is 6.07 Å². The van der Waals surface area contributed by atoms with Gasteiger partial charge in [-0.25, -0.2) is 0 Å². The molecule has 3 aromatic rings. The van der Waals surface area contributed by atoms with Gasteiger partial charge in [-0.3, -0.25) is 14.2 Å². The number of aromatic hydroxyl groups is 1. The minimum Gasteiger partial charge on any atom is -0.508 e. The van der Waals surface area contributed by atoms with Crippen LogP contribution in [0.15, 0.2) is 42.5 Å². The molecule has 0 aliphatic carbocycles. The second kappa shape index (κ2) is 7.56. The molecule has 5 nitrogen and oxygen atoms in total. The Labute approximate surface area is 174 Å². The maximum atomic E-state index is 13.3. The minimum absolute atomic E-state index is 0.0613. The smallest absolute Gasteiger partial charge is 0.313 e. The molecule has 0 amide bonds. The van der Waals surface area contributed by atoms with Gasteiger partial charge in [-0.05, 0) is 82.6 Å². The molecule has 0 spiro atoms. The van der Waals surface area contributed by atoms with Gasteiger partial charge in [-0.1, -0.05) is 11.6 Å². The lowest BCUT2D eigenvalue weighted by Gasteiger charge is -2.22. The molecule has 1 aromatic heterocycles. The zero-order chi connectivity index (χ0) is 21.5. The molecular weight excluding hydrogens is 390 g/mol. The van der Waals surface area contributed by atoms with E-state index in [2.05, 4.69) is 0 Å². The number of hydrogen-bond donors (Lipinski definition) is 1. The van der Waals surface area contributed by atoms with E-state index in [9.17, 15) is 14.7 Å². The molecule has 1 N–H and O–H groups in total. The Morgan fingerprint density at radius 3 is 2.31 bits per heavy atom. The number of carbonyl (C=O) groups is 2. The molecule has 2 aromatic carbocycles. The van der Waals surface area contributed by atoms with Gasteiger partial charge in [-0.2, -0.15) is 0 Å². The van der Waals surface area contributed by atoms with Crippen molar-refractivity contribution in [3.63, 3.8) is 0 Å². The molecule has 0 saturated carbocycles. The highest BCUT2D eigenvalue weighted by Crippen LogP contribution is 2.35. The van der Waals surface area contributed by atoms with Crippen LogP contribution in [-0.2, 0) is 9.53 Å². The first-order chi connectivity index (χ1) is 13.5. The van der Waals surface area contributed by atoms with Gasteiger partial charge in [0.2, 0.25) is 0 Å². The Bertz CT molecular complexity index is 1090. The SMILES string of the molecule is Cc1c([C@H](C)C(=O)OC(C)(C)C)c2cc(O)ccc2n1C(=O)c1ccc(Cl)cc1. The summed E-state index contributed by atoms with van der Waals surface area (Å²) < 4.78 is 7.11. The van der Waals surface area contributed by atoms with E-state index in [0.717, 1.165) is 0 Å². The van der Waals surface area contributed by atoms with E-state index in [-0.39, 0.29) is 17.6 Å². The Balaban J connectivity index is 2.18. The molecule has 29 heavy (non-hydrogen) atoms. The zero-order valence-electron chi connectivity index (χ0n) is 17.1. The molecular formula is C23H24ClNO4. The van der Waals surface area contributed by atoms with Gasteiger partial charge in [0.1, 0.15) is 11.4 Å². The van der Waals surface area contributed by atoms with Gasteiger partial charge >= 0.3 is 5.97 Å².